The molecule has 58 valence electrons. The van der Waals surface area contributed by atoms with Gasteiger partial charge in [0.25, 0.3) is 0 Å². The zero-order valence-electron chi connectivity index (χ0n) is 5.97. The van der Waals surface area contributed by atoms with Crippen LogP contribution in [0.5, 0.6) is 0 Å². The maximum atomic E-state index is 10.6. The number of hydrogen-bond donors (Lipinski definition) is 3. The molecular weight excluding hydrogens is 134 g/mol. The zero-order chi connectivity index (χ0) is 8.15. The molecule has 2 amide bonds. The predicted molar refractivity (Wildman–Crippen MR) is 36.1 cm³/mol. The van der Waals surface area contributed by atoms with Gasteiger partial charge in [-0.05, 0) is 0 Å². The van der Waals surface area contributed by atoms with Crippen LogP contribution in [0.15, 0.2) is 0 Å². The number of nitrogens with two attached hydrogens (primary N) is 1. The van der Waals surface area contributed by atoms with E-state index < -0.39 is 17.9 Å². The second kappa shape index (κ2) is 3.84. The van der Waals surface area contributed by atoms with Crippen molar-refractivity contribution in [3.63, 3.8) is 0 Å². The molecule has 10 heavy (non-hydrogen) atoms. The summed E-state index contributed by atoms with van der Waals surface area (Å²) in [5.74, 6) is -0.973. The second-order valence-corrected chi connectivity index (χ2v) is 1.71. The standard InChI is InChI=1S/C5H11N3O2/c1-7-4(9)3(6)5(10)8-2/h3H,6H2,1-2H3,(H,7,9)(H,8,10). The Hall–Kier alpha value is -1.10. The highest BCUT2D eigenvalue weighted by molar-refractivity contribution is 6.03. The van der Waals surface area contributed by atoms with Crippen molar-refractivity contribution >= 4 is 11.8 Å². The molecule has 0 saturated heterocycles. The van der Waals surface area contributed by atoms with Gasteiger partial charge in [-0.1, -0.05) is 0 Å². The van der Waals surface area contributed by atoms with E-state index in [1.165, 1.54) is 14.1 Å². The summed E-state index contributed by atoms with van der Waals surface area (Å²) in [7, 11) is 2.84. The molecule has 4 N–H and O–H groups in total. The first kappa shape index (κ1) is 8.90. The molecule has 0 atom stereocenters. The van der Waals surface area contributed by atoms with Crippen LogP contribution in [0.25, 0.3) is 0 Å². The fraction of sp³-hybridized carbons (Fsp3) is 0.600. The van der Waals surface area contributed by atoms with Gasteiger partial charge in [0.05, 0.1) is 0 Å². The van der Waals surface area contributed by atoms with Crippen molar-refractivity contribution in [3.8, 4) is 0 Å². The third kappa shape index (κ3) is 2.02. The van der Waals surface area contributed by atoms with Crippen molar-refractivity contribution in [1.82, 2.24) is 10.6 Å². The Balaban J connectivity index is 3.94. The molecular formula is C5H11N3O2. The lowest BCUT2D eigenvalue weighted by molar-refractivity contribution is -0.130. The lowest BCUT2D eigenvalue weighted by Crippen LogP contribution is -2.49. The fourth-order valence-electron chi connectivity index (χ4n) is 0.430. The Morgan fingerprint density at radius 1 is 1.20 bits per heavy atom. The van der Waals surface area contributed by atoms with Gasteiger partial charge in [-0.2, -0.15) is 0 Å². The van der Waals surface area contributed by atoms with Gasteiger partial charge in [-0.3, -0.25) is 9.59 Å². The summed E-state index contributed by atoms with van der Waals surface area (Å²) in [6, 6.07) is -1.10. The lowest BCUT2D eigenvalue weighted by atomic mass is 10.3. The molecule has 0 spiro atoms. The molecule has 0 aromatic rings. The average Bonchev–Trinajstić information content (AvgIpc) is 2.00. The minimum atomic E-state index is -1.10. The number of likely N-dealkylation sites (N-methyl/N-ethyl adjacent to an activating group) is 2. The van der Waals surface area contributed by atoms with Crippen LogP contribution < -0.4 is 16.4 Å². The smallest absolute Gasteiger partial charge is 0.246 e. The fourth-order valence-corrected chi connectivity index (χ4v) is 0.430. The van der Waals surface area contributed by atoms with E-state index in [0.717, 1.165) is 0 Å². The summed E-state index contributed by atoms with van der Waals surface area (Å²) < 4.78 is 0. The monoisotopic (exact) mass is 145 g/mol. The van der Waals surface area contributed by atoms with E-state index in [0.29, 0.717) is 0 Å². The highest BCUT2D eigenvalue weighted by Gasteiger charge is 2.18. The predicted octanol–water partition coefficient (Wildman–Crippen LogP) is -2.19. The Labute approximate surface area is 59.0 Å². The minimum Gasteiger partial charge on any atom is -0.357 e. The molecule has 0 aliphatic heterocycles. The first-order chi connectivity index (χ1) is 4.63. The molecule has 5 nitrogen and oxygen atoms in total. The van der Waals surface area contributed by atoms with Crippen molar-refractivity contribution < 1.29 is 9.59 Å². The number of carbonyl (C=O) groups excluding carboxylic acids is 2. The molecule has 5 heteroatoms. The van der Waals surface area contributed by atoms with Crippen molar-refractivity contribution in [2.45, 2.75) is 6.04 Å². The average molecular weight is 145 g/mol. The van der Waals surface area contributed by atoms with E-state index in [-0.39, 0.29) is 0 Å². The SMILES string of the molecule is CNC(=O)C(N)C(=O)NC. The van der Waals surface area contributed by atoms with E-state index in [1.54, 1.807) is 0 Å². The van der Waals surface area contributed by atoms with Crippen molar-refractivity contribution in [2.75, 3.05) is 14.1 Å². The van der Waals surface area contributed by atoms with Gasteiger partial charge in [-0.25, -0.2) is 0 Å². The molecule has 0 bridgehead atoms. The van der Waals surface area contributed by atoms with Gasteiger partial charge < -0.3 is 16.4 Å². The quantitative estimate of drug-likeness (QED) is 0.386. The molecule has 0 aromatic heterocycles. The third-order valence-electron chi connectivity index (χ3n) is 1.06. The molecule has 0 fully saturated rings. The second-order valence-electron chi connectivity index (χ2n) is 1.71. The number of amides is 2. The Bertz CT molecular complexity index is 130. The van der Waals surface area contributed by atoms with Gasteiger partial charge in [-0.15, -0.1) is 0 Å². The maximum Gasteiger partial charge on any atom is 0.246 e. The van der Waals surface area contributed by atoms with Gasteiger partial charge >= 0.3 is 0 Å². The first-order valence-electron chi connectivity index (χ1n) is 2.82. The molecule has 0 aliphatic carbocycles. The number of nitrogens with one attached hydrogen (secondary N) is 2. The van der Waals surface area contributed by atoms with Crippen LogP contribution in [-0.4, -0.2) is 32.0 Å². The highest BCUT2D eigenvalue weighted by Crippen LogP contribution is 1.76. The summed E-state index contributed by atoms with van der Waals surface area (Å²) >= 11 is 0. The number of carbonyl (C=O) groups is 2. The summed E-state index contributed by atoms with van der Waals surface area (Å²) in [5, 5.41) is 4.51. The normalized spacial score (nSPS) is 9.20. The largest absolute Gasteiger partial charge is 0.357 e. The van der Waals surface area contributed by atoms with Gasteiger partial charge in [0.2, 0.25) is 11.8 Å². The molecule has 0 unspecified atom stereocenters. The van der Waals surface area contributed by atoms with Crippen LogP contribution >= 0.6 is 0 Å². The van der Waals surface area contributed by atoms with E-state index in [1.807, 2.05) is 0 Å². The summed E-state index contributed by atoms with van der Waals surface area (Å²) in [5.41, 5.74) is 5.16. The lowest BCUT2D eigenvalue weighted by Gasteiger charge is -2.06. The van der Waals surface area contributed by atoms with E-state index in [2.05, 4.69) is 10.6 Å². The Morgan fingerprint density at radius 2 is 1.50 bits per heavy atom. The van der Waals surface area contributed by atoms with Crippen LogP contribution in [0, 0.1) is 0 Å². The van der Waals surface area contributed by atoms with Crippen molar-refractivity contribution in [3.05, 3.63) is 0 Å². The van der Waals surface area contributed by atoms with E-state index >= 15 is 0 Å². The van der Waals surface area contributed by atoms with Gasteiger partial charge in [0, 0.05) is 14.1 Å². The molecule has 0 rings (SSSR count). The molecule has 0 saturated carbocycles. The third-order valence-corrected chi connectivity index (χ3v) is 1.06. The topological polar surface area (TPSA) is 84.2 Å². The van der Waals surface area contributed by atoms with E-state index in [9.17, 15) is 9.59 Å². The summed E-state index contributed by atoms with van der Waals surface area (Å²) in [6.07, 6.45) is 0. The molecule has 0 radical (unpaired) electrons. The molecule has 0 aliphatic rings. The zero-order valence-corrected chi connectivity index (χ0v) is 5.97. The summed E-state index contributed by atoms with van der Waals surface area (Å²) in [4.78, 5) is 21.2. The Morgan fingerprint density at radius 3 is 1.70 bits per heavy atom. The van der Waals surface area contributed by atoms with Crippen molar-refractivity contribution in [1.29, 1.82) is 0 Å². The molecule has 0 heterocycles. The highest BCUT2D eigenvalue weighted by atomic mass is 16.2. The summed E-state index contributed by atoms with van der Waals surface area (Å²) in [6.45, 7) is 0. The van der Waals surface area contributed by atoms with Gasteiger partial charge in [0.1, 0.15) is 0 Å². The number of rotatable bonds is 2. The van der Waals surface area contributed by atoms with Crippen LogP contribution in [-0.2, 0) is 9.59 Å². The first-order valence-corrected chi connectivity index (χ1v) is 2.82. The van der Waals surface area contributed by atoms with Crippen LogP contribution in [0.2, 0.25) is 0 Å². The number of hydrogen-bond acceptors (Lipinski definition) is 3. The Kier molecular flexibility index (Phi) is 3.42. The molecule has 0 aromatic carbocycles. The maximum absolute atomic E-state index is 10.6. The van der Waals surface area contributed by atoms with Gasteiger partial charge in [0.15, 0.2) is 6.04 Å². The van der Waals surface area contributed by atoms with Crippen LogP contribution in [0.3, 0.4) is 0 Å². The minimum absolute atomic E-state index is 0.487. The van der Waals surface area contributed by atoms with Crippen LogP contribution in [0.1, 0.15) is 0 Å². The van der Waals surface area contributed by atoms with Crippen LogP contribution in [0.4, 0.5) is 0 Å². The van der Waals surface area contributed by atoms with Crippen molar-refractivity contribution in [2.24, 2.45) is 5.73 Å². The van der Waals surface area contributed by atoms with E-state index in [4.69, 9.17) is 5.73 Å².